The number of pyridine rings is 1. The van der Waals surface area contributed by atoms with Crippen LogP contribution in [0.25, 0.3) is 0 Å². The van der Waals surface area contributed by atoms with Gasteiger partial charge in [0.15, 0.2) is 0 Å². The van der Waals surface area contributed by atoms with Crippen LogP contribution in [0, 0.1) is 12.8 Å². The Balaban J connectivity index is 2.25. The lowest BCUT2D eigenvalue weighted by atomic mass is 10.0. The van der Waals surface area contributed by atoms with Gasteiger partial charge in [0.25, 0.3) is 0 Å². The highest BCUT2D eigenvalue weighted by molar-refractivity contribution is 6.30. The second kappa shape index (κ2) is 6.76. The van der Waals surface area contributed by atoms with Crippen LogP contribution in [0.2, 0.25) is 5.02 Å². The van der Waals surface area contributed by atoms with E-state index >= 15 is 0 Å². The van der Waals surface area contributed by atoms with Crippen molar-refractivity contribution >= 4 is 17.3 Å². The summed E-state index contributed by atoms with van der Waals surface area (Å²) in [5.74, 6) is -0.146. The number of aromatic nitrogens is 1. The Hall–Kier alpha value is -1.54. The third kappa shape index (κ3) is 4.24. The molecule has 20 heavy (non-hydrogen) atoms. The number of benzene rings is 1. The number of aryl methyl sites for hydroxylation is 1. The number of nitrogens with one attached hydrogen (secondary N) is 1. The van der Waals surface area contributed by atoms with Gasteiger partial charge < -0.3 is 5.32 Å². The van der Waals surface area contributed by atoms with Gasteiger partial charge in [-0.3, -0.25) is 4.98 Å². The summed E-state index contributed by atoms with van der Waals surface area (Å²) >= 11 is 6.06. The molecule has 0 spiro atoms. The molecular formula is C17H21ClN2. The summed E-state index contributed by atoms with van der Waals surface area (Å²) in [5.41, 5.74) is 3.39. The zero-order chi connectivity index (χ0) is 16.3. The summed E-state index contributed by atoms with van der Waals surface area (Å²) in [6, 6.07) is 9.29. The molecule has 0 fully saturated rings. The number of hydrogen-bond donors (Lipinski definition) is 1. The van der Waals surface area contributed by atoms with Gasteiger partial charge >= 0.3 is 0 Å². The molecule has 0 unspecified atom stereocenters. The number of hydrogen-bond acceptors (Lipinski definition) is 2. The Labute approximate surface area is 129 Å². The predicted octanol–water partition coefficient (Wildman–Crippen LogP) is 4.85. The highest BCUT2D eigenvalue weighted by Crippen LogP contribution is 2.24. The van der Waals surface area contributed by atoms with Crippen molar-refractivity contribution < 1.29 is 2.74 Å². The second-order valence-electron chi connectivity index (χ2n) is 5.15. The normalized spacial score (nSPS) is 13.1. The van der Waals surface area contributed by atoms with Crippen LogP contribution in [0.15, 0.2) is 36.5 Å². The largest absolute Gasteiger partial charge is 0.381 e. The molecule has 3 heteroatoms. The maximum Gasteiger partial charge on any atom is 0.0416 e. The van der Waals surface area contributed by atoms with E-state index in [1.54, 1.807) is 12.1 Å². The van der Waals surface area contributed by atoms with Crippen molar-refractivity contribution in [3.63, 3.8) is 0 Å². The van der Waals surface area contributed by atoms with Gasteiger partial charge in [0.2, 0.25) is 0 Å². The molecule has 0 saturated heterocycles. The van der Waals surface area contributed by atoms with Crippen LogP contribution < -0.4 is 5.32 Å². The topological polar surface area (TPSA) is 24.9 Å². The molecule has 0 saturated carbocycles. The highest BCUT2D eigenvalue weighted by Gasteiger charge is 2.06. The number of rotatable bonds is 5. The first kappa shape index (κ1) is 12.2. The van der Waals surface area contributed by atoms with Crippen molar-refractivity contribution in [3.8, 4) is 0 Å². The molecule has 0 radical (unpaired) electrons. The maximum absolute atomic E-state index is 8.33. The van der Waals surface area contributed by atoms with Crippen molar-refractivity contribution in [1.82, 2.24) is 4.98 Å². The molecule has 2 rings (SSSR count). The first-order valence-electron chi connectivity index (χ1n) is 7.76. The average molecular weight is 291 g/mol. The van der Waals surface area contributed by atoms with E-state index in [4.69, 9.17) is 14.3 Å². The fourth-order valence-corrected chi connectivity index (χ4v) is 2.07. The molecule has 0 aliphatic heterocycles. The van der Waals surface area contributed by atoms with E-state index in [1.165, 1.54) is 0 Å². The van der Waals surface area contributed by atoms with Gasteiger partial charge in [-0.2, -0.15) is 0 Å². The molecule has 1 heterocycles. The Morgan fingerprint density at radius 2 is 2.10 bits per heavy atom. The minimum absolute atomic E-state index is 0.146. The van der Waals surface area contributed by atoms with Crippen molar-refractivity contribution in [2.24, 2.45) is 5.92 Å². The van der Waals surface area contributed by atoms with Crippen molar-refractivity contribution in [2.75, 3.05) is 5.32 Å². The molecule has 0 aliphatic rings. The van der Waals surface area contributed by atoms with Gasteiger partial charge in [-0.15, -0.1) is 0 Å². The molecule has 0 aliphatic carbocycles. The summed E-state index contributed by atoms with van der Waals surface area (Å²) in [4.78, 5) is 4.27. The van der Waals surface area contributed by atoms with E-state index in [9.17, 15) is 0 Å². The summed E-state index contributed by atoms with van der Waals surface area (Å²) in [6.07, 6.45) is 0.383. The van der Waals surface area contributed by atoms with E-state index < -0.39 is 6.37 Å². The molecular weight excluding hydrogens is 268 g/mol. The lowest BCUT2D eigenvalue weighted by Crippen LogP contribution is -2.05. The fraction of sp³-hybridized carbons (Fsp3) is 0.353. The van der Waals surface area contributed by atoms with Crippen LogP contribution in [0.3, 0.4) is 0 Å². The van der Waals surface area contributed by atoms with Gasteiger partial charge in [-0.05, 0) is 54.6 Å². The van der Waals surface area contributed by atoms with Crippen LogP contribution in [0.4, 0.5) is 5.69 Å². The second-order valence-corrected chi connectivity index (χ2v) is 5.59. The quantitative estimate of drug-likeness (QED) is 0.851. The number of anilines is 1. The van der Waals surface area contributed by atoms with E-state index in [0.29, 0.717) is 17.1 Å². The number of halogens is 1. The minimum atomic E-state index is -1.45. The molecule has 2 nitrogen and oxygen atoms in total. The lowest BCUT2D eigenvalue weighted by molar-refractivity contribution is 0.648. The van der Waals surface area contributed by atoms with Gasteiger partial charge in [-0.25, -0.2) is 0 Å². The molecule has 2 aromatic rings. The third-order valence-corrected chi connectivity index (χ3v) is 3.12. The first-order valence-corrected chi connectivity index (χ1v) is 7.14. The summed E-state index contributed by atoms with van der Waals surface area (Å²) in [6.45, 7) is 6.28. The smallest absolute Gasteiger partial charge is 0.0416 e. The third-order valence-electron chi connectivity index (χ3n) is 2.88. The SMILES string of the molecule is [2H]C([2H])(c1cc(Cl)ccc1NCc1ccc(C)nc1)C(C)C. The van der Waals surface area contributed by atoms with Gasteiger partial charge in [-0.1, -0.05) is 31.5 Å². The lowest BCUT2D eigenvalue weighted by Gasteiger charge is -2.14. The van der Waals surface area contributed by atoms with Crippen LogP contribution in [0.5, 0.6) is 0 Å². The standard InChI is InChI=1S/C17H21ClN2/c1-12(2)8-15-9-16(18)6-7-17(15)20-11-14-5-4-13(3)19-10-14/h4-7,9-10,12,20H,8,11H2,1-3H3/i8D2. The molecule has 1 aromatic heterocycles. The zero-order valence-electron chi connectivity index (χ0n) is 14.1. The van der Waals surface area contributed by atoms with Crippen molar-refractivity contribution in [2.45, 2.75) is 33.7 Å². The van der Waals surface area contributed by atoms with Crippen molar-refractivity contribution in [1.29, 1.82) is 0 Å². The first-order chi connectivity index (χ1) is 10.3. The van der Waals surface area contributed by atoms with Crippen molar-refractivity contribution in [3.05, 3.63) is 58.4 Å². The van der Waals surface area contributed by atoms with E-state index in [2.05, 4.69) is 10.3 Å². The predicted molar refractivity (Wildman–Crippen MR) is 86.3 cm³/mol. The summed E-state index contributed by atoms with van der Waals surface area (Å²) < 4.78 is 16.7. The Kier molecular flexibility index (Phi) is 4.13. The van der Waals surface area contributed by atoms with E-state index in [0.717, 1.165) is 16.9 Å². The van der Waals surface area contributed by atoms with Crippen LogP contribution in [0.1, 0.15) is 33.4 Å². The van der Waals surface area contributed by atoms with Gasteiger partial charge in [0.05, 0.1) is 0 Å². The summed E-state index contributed by atoms with van der Waals surface area (Å²) in [7, 11) is 0. The molecule has 106 valence electrons. The van der Waals surface area contributed by atoms with Gasteiger partial charge in [0, 0.05) is 31.9 Å². The monoisotopic (exact) mass is 290 g/mol. The van der Waals surface area contributed by atoms with E-state index in [1.807, 2.05) is 45.2 Å². The van der Waals surface area contributed by atoms with E-state index in [-0.39, 0.29) is 5.92 Å². The molecule has 0 bridgehead atoms. The average Bonchev–Trinajstić information content (AvgIpc) is 2.47. The van der Waals surface area contributed by atoms with Gasteiger partial charge in [0.1, 0.15) is 0 Å². The zero-order valence-corrected chi connectivity index (χ0v) is 12.8. The maximum atomic E-state index is 8.33. The van der Waals surface area contributed by atoms with Crippen LogP contribution in [-0.2, 0) is 12.9 Å². The molecule has 1 N–H and O–H groups in total. The minimum Gasteiger partial charge on any atom is -0.381 e. The Morgan fingerprint density at radius 3 is 2.75 bits per heavy atom. The fourth-order valence-electron chi connectivity index (χ4n) is 1.90. The highest BCUT2D eigenvalue weighted by atomic mass is 35.5. The Morgan fingerprint density at radius 1 is 1.30 bits per heavy atom. The van der Waals surface area contributed by atoms with Crippen LogP contribution in [-0.4, -0.2) is 4.98 Å². The van der Waals surface area contributed by atoms with Crippen LogP contribution >= 0.6 is 11.6 Å². The molecule has 0 amide bonds. The molecule has 0 atom stereocenters. The molecule has 1 aromatic carbocycles. The Bertz CT molecular complexity index is 640. The summed E-state index contributed by atoms with van der Waals surface area (Å²) in [5, 5.41) is 3.84. The number of nitrogens with zero attached hydrogens (tertiary/aromatic N) is 1.